The van der Waals surface area contributed by atoms with E-state index in [-0.39, 0.29) is 12.6 Å². The SMILES string of the molecule is OCC1CCCc2nnc(Cc3ccccc3Cl)n21. The first-order chi connectivity index (χ1) is 9.29. The Bertz CT molecular complexity index is 582. The molecule has 0 spiro atoms. The van der Waals surface area contributed by atoms with Gasteiger partial charge in [-0.05, 0) is 24.5 Å². The standard InChI is InChI=1S/C14H16ClN3O/c15-12-6-2-1-4-10(12)8-14-17-16-13-7-3-5-11(9-19)18(13)14/h1-2,4,6,11,19H,3,5,7-9H2. The second-order valence-corrected chi connectivity index (χ2v) is 5.31. The first-order valence-electron chi connectivity index (χ1n) is 6.56. The Kier molecular flexibility index (Phi) is 3.53. The van der Waals surface area contributed by atoms with Crippen LogP contribution in [0.5, 0.6) is 0 Å². The molecule has 0 radical (unpaired) electrons. The lowest BCUT2D eigenvalue weighted by molar-refractivity contribution is 0.203. The minimum Gasteiger partial charge on any atom is -0.394 e. The summed E-state index contributed by atoms with van der Waals surface area (Å²) in [6.45, 7) is 0.139. The van der Waals surface area contributed by atoms with E-state index in [1.54, 1.807) is 0 Å². The Labute approximate surface area is 117 Å². The van der Waals surface area contributed by atoms with Crippen LogP contribution in [0.15, 0.2) is 24.3 Å². The topological polar surface area (TPSA) is 50.9 Å². The highest BCUT2D eigenvalue weighted by Crippen LogP contribution is 2.27. The number of aryl methyl sites for hydroxylation is 1. The van der Waals surface area contributed by atoms with Gasteiger partial charge in [-0.25, -0.2) is 0 Å². The zero-order chi connectivity index (χ0) is 13.2. The van der Waals surface area contributed by atoms with Crippen molar-refractivity contribution in [3.8, 4) is 0 Å². The average molecular weight is 278 g/mol. The van der Waals surface area contributed by atoms with Crippen molar-refractivity contribution in [2.75, 3.05) is 6.61 Å². The lowest BCUT2D eigenvalue weighted by Gasteiger charge is -2.24. The number of aromatic nitrogens is 3. The quantitative estimate of drug-likeness (QED) is 0.937. The van der Waals surface area contributed by atoms with Gasteiger partial charge in [-0.3, -0.25) is 0 Å². The summed E-state index contributed by atoms with van der Waals surface area (Å²) >= 11 is 6.19. The number of halogens is 1. The van der Waals surface area contributed by atoms with Gasteiger partial charge in [0.15, 0.2) is 0 Å². The molecule has 1 atom stereocenters. The molecule has 1 unspecified atom stereocenters. The van der Waals surface area contributed by atoms with Crippen LogP contribution in [-0.2, 0) is 12.8 Å². The van der Waals surface area contributed by atoms with Crippen molar-refractivity contribution in [2.24, 2.45) is 0 Å². The van der Waals surface area contributed by atoms with Crippen LogP contribution in [0.25, 0.3) is 0 Å². The molecular weight excluding hydrogens is 262 g/mol. The summed E-state index contributed by atoms with van der Waals surface area (Å²) in [5, 5.41) is 18.8. The molecule has 100 valence electrons. The van der Waals surface area contributed by atoms with E-state index in [0.29, 0.717) is 6.42 Å². The highest BCUT2D eigenvalue weighted by Gasteiger charge is 2.24. The lowest BCUT2D eigenvalue weighted by atomic mass is 10.0. The molecule has 1 aromatic carbocycles. The zero-order valence-electron chi connectivity index (χ0n) is 10.6. The van der Waals surface area contributed by atoms with E-state index in [9.17, 15) is 5.11 Å². The van der Waals surface area contributed by atoms with Gasteiger partial charge in [0.05, 0.1) is 12.6 Å². The Morgan fingerprint density at radius 3 is 2.95 bits per heavy atom. The van der Waals surface area contributed by atoms with E-state index in [4.69, 9.17) is 11.6 Å². The van der Waals surface area contributed by atoms with Crippen LogP contribution in [0, 0.1) is 0 Å². The molecular formula is C14H16ClN3O. The van der Waals surface area contributed by atoms with Crippen LogP contribution in [0.1, 0.15) is 36.1 Å². The minimum atomic E-state index is 0.108. The molecule has 1 aliphatic rings. The van der Waals surface area contributed by atoms with Crippen LogP contribution >= 0.6 is 11.6 Å². The molecule has 0 saturated heterocycles. The average Bonchev–Trinajstić information content (AvgIpc) is 2.85. The van der Waals surface area contributed by atoms with Gasteiger partial charge in [-0.1, -0.05) is 29.8 Å². The summed E-state index contributed by atoms with van der Waals surface area (Å²) in [6.07, 6.45) is 3.64. The van der Waals surface area contributed by atoms with Crippen molar-refractivity contribution in [1.29, 1.82) is 0 Å². The fourth-order valence-corrected chi connectivity index (χ4v) is 2.89. The smallest absolute Gasteiger partial charge is 0.137 e. The maximum atomic E-state index is 9.50. The van der Waals surface area contributed by atoms with Crippen molar-refractivity contribution in [3.63, 3.8) is 0 Å². The molecule has 0 aliphatic carbocycles. The monoisotopic (exact) mass is 277 g/mol. The van der Waals surface area contributed by atoms with Crippen LogP contribution in [-0.4, -0.2) is 26.5 Å². The molecule has 2 heterocycles. The van der Waals surface area contributed by atoms with E-state index < -0.39 is 0 Å². The summed E-state index contributed by atoms with van der Waals surface area (Å²) in [4.78, 5) is 0. The number of hydrogen-bond acceptors (Lipinski definition) is 3. The number of benzene rings is 1. The summed E-state index contributed by atoms with van der Waals surface area (Å²) in [5.41, 5.74) is 1.04. The van der Waals surface area contributed by atoms with Gasteiger partial charge in [0.2, 0.25) is 0 Å². The van der Waals surface area contributed by atoms with Crippen molar-refractivity contribution in [3.05, 3.63) is 46.5 Å². The number of aliphatic hydroxyl groups excluding tert-OH is 1. The predicted octanol–water partition coefficient (Wildman–Crippen LogP) is 2.39. The van der Waals surface area contributed by atoms with Crippen molar-refractivity contribution < 1.29 is 5.11 Å². The number of fused-ring (bicyclic) bond motifs is 1. The van der Waals surface area contributed by atoms with E-state index in [0.717, 1.165) is 41.5 Å². The number of hydrogen-bond donors (Lipinski definition) is 1. The molecule has 1 N–H and O–H groups in total. The van der Waals surface area contributed by atoms with Crippen molar-refractivity contribution in [2.45, 2.75) is 31.7 Å². The third-order valence-electron chi connectivity index (χ3n) is 3.66. The Morgan fingerprint density at radius 2 is 2.16 bits per heavy atom. The van der Waals surface area contributed by atoms with Crippen molar-refractivity contribution in [1.82, 2.24) is 14.8 Å². The normalized spacial score (nSPS) is 18.3. The van der Waals surface area contributed by atoms with Gasteiger partial charge in [0.1, 0.15) is 11.6 Å². The van der Waals surface area contributed by atoms with Crippen LogP contribution in [0.2, 0.25) is 5.02 Å². The largest absolute Gasteiger partial charge is 0.394 e. The molecule has 4 nitrogen and oxygen atoms in total. The fourth-order valence-electron chi connectivity index (χ4n) is 2.68. The highest BCUT2D eigenvalue weighted by atomic mass is 35.5. The first kappa shape index (κ1) is 12.6. The van der Waals surface area contributed by atoms with Gasteiger partial charge in [-0.15, -0.1) is 10.2 Å². The zero-order valence-corrected chi connectivity index (χ0v) is 11.3. The number of nitrogens with zero attached hydrogens (tertiary/aromatic N) is 3. The van der Waals surface area contributed by atoms with Gasteiger partial charge in [0, 0.05) is 17.9 Å². The molecule has 2 aromatic rings. The summed E-state index contributed by atoms with van der Waals surface area (Å²) in [5.74, 6) is 1.87. The molecule has 19 heavy (non-hydrogen) atoms. The first-order valence-corrected chi connectivity index (χ1v) is 6.94. The van der Waals surface area contributed by atoms with Crippen LogP contribution < -0.4 is 0 Å². The molecule has 1 aromatic heterocycles. The maximum absolute atomic E-state index is 9.50. The molecule has 0 amide bonds. The van der Waals surface area contributed by atoms with E-state index in [1.165, 1.54) is 0 Å². The molecule has 0 bridgehead atoms. The Morgan fingerprint density at radius 1 is 1.32 bits per heavy atom. The van der Waals surface area contributed by atoms with E-state index in [1.807, 2.05) is 24.3 Å². The highest BCUT2D eigenvalue weighted by molar-refractivity contribution is 6.31. The van der Waals surface area contributed by atoms with Gasteiger partial charge in [-0.2, -0.15) is 0 Å². The molecule has 5 heteroatoms. The molecule has 3 rings (SSSR count). The molecule has 0 fully saturated rings. The Balaban J connectivity index is 1.94. The molecule has 1 aliphatic heterocycles. The van der Waals surface area contributed by atoms with Gasteiger partial charge < -0.3 is 9.67 Å². The number of rotatable bonds is 3. The second kappa shape index (κ2) is 5.31. The van der Waals surface area contributed by atoms with Crippen molar-refractivity contribution >= 4 is 11.6 Å². The molecule has 0 saturated carbocycles. The fraction of sp³-hybridized carbons (Fsp3) is 0.429. The number of aliphatic hydroxyl groups is 1. The van der Waals surface area contributed by atoms with Crippen LogP contribution in [0.3, 0.4) is 0 Å². The summed E-state index contributed by atoms with van der Waals surface area (Å²) < 4.78 is 2.09. The summed E-state index contributed by atoms with van der Waals surface area (Å²) in [7, 11) is 0. The van der Waals surface area contributed by atoms with Crippen LogP contribution in [0.4, 0.5) is 0 Å². The van der Waals surface area contributed by atoms with E-state index >= 15 is 0 Å². The summed E-state index contributed by atoms with van der Waals surface area (Å²) in [6, 6.07) is 7.88. The predicted molar refractivity (Wildman–Crippen MR) is 73.3 cm³/mol. The third kappa shape index (κ3) is 2.38. The lowest BCUT2D eigenvalue weighted by Crippen LogP contribution is -2.23. The Hall–Kier alpha value is -1.39. The second-order valence-electron chi connectivity index (χ2n) is 4.90. The minimum absolute atomic E-state index is 0.108. The van der Waals surface area contributed by atoms with E-state index in [2.05, 4.69) is 14.8 Å². The van der Waals surface area contributed by atoms with Gasteiger partial charge in [0.25, 0.3) is 0 Å². The van der Waals surface area contributed by atoms with Gasteiger partial charge >= 0.3 is 0 Å². The maximum Gasteiger partial charge on any atom is 0.137 e. The third-order valence-corrected chi connectivity index (χ3v) is 4.03.